The van der Waals surface area contributed by atoms with E-state index in [4.69, 9.17) is 4.74 Å². The summed E-state index contributed by atoms with van der Waals surface area (Å²) in [6.07, 6.45) is 0.219. The number of carbonyl (C=O) groups excluding carboxylic acids is 1. The Morgan fingerprint density at radius 1 is 1.21 bits per heavy atom. The van der Waals surface area contributed by atoms with E-state index >= 15 is 0 Å². The topological polar surface area (TPSA) is 119 Å². The van der Waals surface area contributed by atoms with Crippen LogP contribution >= 0.6 is 0 Å². The Labute approximate surface area is 163 Å². The summed E-state index contributed by atoms with van der Waals surface area (Å²) in [5.74, 6) is -0.0926. The number of nitro benzene ring substituents is 1. The van der Waals surface area contributed by atoms with Crippen LogP contribution in [0.25, 0.3) is 0 Å². The molecule has 10 heteroatoms. The summed E-state index contributed by atoms with van der Waals surface area (Å²) in [4.78, 5) is 22.7. The van der Waals surface area contributed by atoms with Gasteiger partial charge in [-0.05, 0) is 43.7 Å². The molecule has 0 aliphatic heterocycles. The average Bonchev–Trinajstić information content (AvgIpc) is 2.62. The fourth-order valence-electron chi connectivity index (χ4n) is 2.28. The van der Waals surface area contributed by atoms with Crippen LogP contribution in [0.4, 0.5) is 17.1 Å². The summed E-state index contributed by atoms with van der Waals surface area (Å²) in [6.45, 7) is 3.26. The van der Waals surface area contributed by atoms with Crippen molar-refractivity contribution in [2.45, 2.75) is 20.0 Å². The Bertz CT molecular complexity index is 989. The van der Waals surface area contributed by atoms with Crippen molar-refractivity contribution in [3.63, 3.8) is 0 Å². The van der Waals surface area contributed by atoms with Gasteiger partial charge in [0.25, 0.3) is 11.6 Å². The van der Waals surface area contributed by atoms with Crippen molar-refractivity contribution in [2.75, 3.05) is 22.9 Å². The second-order valence-corrected chi connectivity index (χ2v) is 8.24. The van der Waals surface area contributed by atoms with E-state index in [0.29, 0.717) is 22.7 Å². The van der Waals surface area contributed by atoms with Gasteiger partial charge in [0.1, 0.15) is 5.75 Å². The number of nitro groups is 1. The predicted molar refractivity (Wildman–Crippen MR) is 106 cm³/mol. The van der Waals surface area contributed by atoms with Crippen molar-refractivity contribution >= 4 is 33.0 Å². The second kappa shape index (κ2) is 8.26. The molecule has 2 aromatic rings. The van der Waals surface area contributed by atoms with Crippen LogP contribution in [0.2, 0.25) is 0 Å². The van der Waals surface area contributed by atoms with Crippen LogP contribution < -0.4 is 14.4 Å². The normalized spacial score (nSPS) is 12.1. The highest BCUT2D eigenvalue weighted by Crippen LogP contribution is 2.23. The number of carbonyl (C=O) groups is 1. The van der Waals surface area contributed by atoms with Crippen molar-refractivity contribution in [1.29, 1.82) is 0 Å². The van der Waals surface area contributed by atoms with E-state index in [1.807, 2.05) is 0 Å². The lowest BCUT2D eigenvalue weighted by atomic mass is 10.1. The Kier molecular flexibility index (Phi) is 6.24. The quantitative estimate of drug-likeness (QED) is 0.557. The number of hydrogen-bond acceptors (Lipinski definition) is 6. The van der Waals surface area contributed by atoms with Crippen LogP contribution in [0.5, 0.6) is 5.75 Å². The van der Waals surface area contributed by atoms with Gasteiger partial charge in [-0.15, -0.1) is 0 Å². The molecule has 0 aliphatic rings. The van der Waals surface area contributed by atoms with Crippen LogP contribution in [-0.2, 0) is 14.8 Å². The van der Waals surface area contributed by atoms with E-state index in [1.54, 1.807) is 44.2 Å². The highest BCUT2D eigenvalue weighted by Gasteiger charge is 2.18. The maximum Gasteiger partial charge on any atom is 0.271 e. The molecule has 28 heavy (non-hydrogen) atoms. The Morgan fingerprint density at radius 2 is 1.82 bits per heavy atom. The summed E-state index contributed by atoms with van der Waals surface area (Å²) < 4.78 is 29.8. The second-order valence-electron chi connectivity index (χ2n) is 6.23. The van der Waals surface area contributed by atoms with Crippen molar-refractivity contribution in [1.82, 2.24) is 0 Å². The summed E-state index contributed by atoms with van der Waals surface area (Å²) >= 11 is 0. The predicted octanol–water partition coefficient (Wildman–Crippen LogP) is 2.71. The molecule has 150 valence electrons. The Balaban J connectivity index is 2.07. The average molecular weight is 407 g/mol. The lowest BCUT2D eigenvalue weighted by molar-refractivity contribution is -0.384. The van der Waals surface area contributed by atoms with Gasteiger partial charge in [0.2, 0.25) is 10.0 Å². The number of nitrogens with one attached hydrogen (secondary N) is 1. The number of non-ortho nitro benzene ring substituents is 1. The minimum Gasteiger partial charge on any atom is -0.481 e. The molecule has 0 saturated carbocycles. The molecule has 0 spiro atoms. The molecule has 0 saturated heterocycles. The van der Waals surface area contributed by atoms with E-state index in [2.05, 4.69) is 5.32 Å². The minimum absolute atomic E-state index is 0.125. The molecule has 0 aromatic heterocycles. The first-order chi connectivity index (χ1) is 13.0. The zero-order valence-electron chi connectivity index (χ0n) is 15.9. The largest absolute Gasteiger partial charge is 0.481 e. The number of ether oxygens (including phenoxy) is 1. The van der Waals surface area contributed by atoms with Crippen LogP contribution in [0.3, 0.4) is 0 Å². The number of aryl methyl sites for hydroxylation is 1. The van der Waals surface area contributed by atoms with Crippen LogP contribution in [0.15, 0.2) is 42.5 Å². The van der Waals surface area contributed by atoms with E-state index in [0.717, 1.165) is 10.6 Å². The van der Waals surface area contributed by atoms with Crippen molar-refractivity contribution < 1.29 is 22.9 Å². The number of sulfonamides is 1. The molecular formula is C18H21N3O6S. The van der Waals surface area contributed by atoms with E-state index < -0.39 is 27.0 Å². The van der Waals surface area contributed by atoms with Gasteiger partial charge in [0, 0.05) is 19.2 Å². The van der Waals surface area contributed by atoms with Crippen molar-refractivity contribution in [2.24, 2.45) is 0 Å². The third-order valence-corrected chi connectivity index (χ3v) is 5.28. The summed E-state index contributed by atoms with van der Waals surface area (Å²) in [7, 11) is -1.94. The Morgan fingerprint density at radius 3 is 2.36 bits per heavy atom. The molecule has 0 fully saturated rings. The van der Waals surface area contributed by atoms with Gasteiger partial charge < -0.3 is 10.1 Å². The number of hydrogen-bond donors (Lipinski definition) is 1. The third kappa shape index (κ3) is 5.19. The first-order valence-electron chi connectivity index (χ1n) is 8.25. The maximum absolute atomic E-state index is 12.4. The summed E-state index contributed by atoms with van der Waals surface area (Å²) in [5.41, 5.74) is 1.35. The minimum atomic E-state index is -3.37. The summed E-state index contributed by atoms with van der Waals surface area (Å²) in [6, 6.07) is 10.4. The molecule has 0 aliphatic carbocycles. The lowest BCUT2D eigenvalue weighted by Crippen LogP contribution is -2.30. The van der Waals surface area contributed by atoms with Gasteiger partial charge in [-0.2, -0.15) is 0 Å². The molecule has 2 aromatic carbocycles. The molecule has 1 unspecified atom stereocenters. The zero-order chi connectivity index (χ0) is 21.1. The van der Waals surface area contributed by atoms with Gasteiger partial charge in [-0.3, -0.25) is 19.2 Å². The van der Waals surface area contributed by atoms with E-state index in [9.17, 15) is 23.3 Å². The van der Waals surface area contributed by atoms with E-state index in [-0.39, 0.29) is 5.69 Å². The van der Waals surface area contributed by atoms with Crippen LogP contribution in [-0.4, -0.2) is 38.7 Å². The third-order valence-electron chi connectivity index (χ3n) is 4.07. The molecule has 0 bridgehead atoms. The van der Waals surface area contributed by atoms with E-state index in [1.165, 1.54) is 19.2 Å². The first-order valence-corrected chi connectivity index (χ1v) is 10.1. The van der Waals surface area contributed by atoms with Gasteiger partial charge in [0.15, 0.2) is 6.10 Å². The number of nitrogens with zero attached hydrogens (tertiary/aromatic N) is 2. The number of rotatable bonds is 7. The lowest BCUT2D eigenvalue weighted by Gasteiger charge is -2.18. The monoisotopic (exact) mass is 407 g/mol. The molecule has 0 radical (unpaired) electrons. The van der Waals surface area contributed by atoms with Gasteiger partial charge in [0.05, 0.1) is 22.6 Å². The molecule has 1 N–H and O–H groups in total. The molecule has 1 atom stereocenters. The van der Waals surface area contributed by atoms with Gasteiger partial charge >= 0.3 is 0 Å². The SMILES string of the molecule is Cc1ccc([N+](=O)[O-])cc1NC(=O)C(C)Oc1ccc(N(C)S(C)(=O)=O)cc1. The fraction of sp³-hybridized carbons (Fsp3) is 0.278. The highest BCUT2D eigenvalue weighted by atomic mass is 32.2. The number of anilines is 2. The first kappa shape index (κ1) is 21.2. The van der Waals surface area contributed by atoms with Gasteiger partial charge in [-0.1, -0.05) is 6.07 Å². The molecule has 1 amide bonds. The van der Waals surface area contributed by atoms with Gasteiger partial charge in [-0.25, -0.2) is 8.42 Å². The number of benzene rings is 2. The zero-order valence-corrected chi connectivity index (χ0v) is 16.7. The molecule has 9 nitrogen and oxygen atoms in total. The molecule has 0 heterocycles. The molecular weight excluding hydrogens is 386 g/mol. The highest BCUT2D eigenvalue weighted by molar-refractivity contribution is 7.92. The maximum atomic E-state index is 12.4. The van der Waals surface area contributed by atoms with Crippen molar-refractivity contribution in [3.8, 4) is 5.75 Å². The Hall–Kier alpha value is -3.14. The summed E-state index contributed by atoms with van der Waals surface area (Å²) in [5, 5.41) is 13.5. The van der Waals surface area contributed by atoms with Crippen LogP contribution in [0.1, 0.15) is 12.5 Å². The number of amides is 1. The van der Waals surface area contributed by atoms with Crippen molar-refractivity contribution in [3.05, 3.63) is 58.1 Å². The molecule has 2 rings (SSSR count). The standard InChI is InChI=1S/C18H21N3O6S/c1-12-5-6-15(21(23)24)11-17(12)19-18(22)13(2)27-16-9-7-14(8-10-16)20(3)28(4,25)26/h5-11,13H,1-4H3,(H,19,22). The fourth-order valence-corrected chi connectivity index (χ4v) is 2.78. The van der Waals surface area contributed by atoms with Crippen LogP contribution in [0, 0.1) is 17.0 Å². The smallest absolute Gasteiger partial charge is 0.271 e.